The van der Waals surface area contributed by atoms with Gasteiger partial charge in [0.1, 0.15) is 0 Å². The molecule has 0 N–H and O–H groups in total. The summed E-state index contributed by atoms with van der Waals surface area (Å²) >= 11 is 4.45. The Hall–Kier alpha value is -0.710. The van der Waals surface area contributed by atoms with Crippen molar-refractivity contribution in [3.8, 4) is 0 Å². The summed E-state index contributed by atoms with van der Waals surface area (Å²) in [6.45, 7) is 5.50. The minimum atomic E-state index is -0.209. The molecule has 1 atom stereocenters. The predicted octanol–water partition coefficient (Wildman–Crippen LogP) is 9.38. The summed E-state index contributed by atoms with van der Waals surface area (Å²) in [5.41, 5.74) is 0. The molecule has 0 rings (SSSR count). The molecule has 0 bridgehead atoms. The first-order valence-corrected chi connectivity index (χ1v) is 15.6. The third kappa shape index (κ3) is 27.7. The van der Waals surface area contributed by atoms with Gasteiger partial charge in [-0.15, -0.1) is 0 Å². The number of unbranched alkanes of at least 4 members (excludes halogenated alkanes) is 18. The van der Waals surface area contributed by atoms with Gasteiger partial charge >= 0.3 is 11.9 Å². The lowest BCUT2D eigenvalue weighted by Crippen LogP contribution is -2.14. The van der Waals surface area contributed by atoms with E-state index in [4.69, 9.17) is 9.47 Å². The molecular formula is C30H58O4S. The molecule has 0 fully saturated rings. The Bertz CT molecular complexity index is 469. The predicted molar refractivity (Wildman–Crippen MR) is 152 cm³/mol. The maximum Gasteiger partial charge on any atom is 0.306 e. The maximum absolute atomic E-state index is 12.0. The average Bonchev–Trinajstić information content (AvgIpc) is 2.84. The van der Waals surface area contributed by atoms with Crippen LogP contribution in [0.1, 0.15) is 162 Å². The smallest absolute Gasteiger partial charge is 0.306 e. The number of thiol groups is 1. The molecule has 0 aromatic rings. The molecule has 4 nitrogen and oxygen atoms in total. The number of hydrogen-bond donors (Lipinski definition) is 1. The molecule has 5 heteroatoms. The van der Waals surface area contributed by atoms with E-state index in [9.17, 15) is 9.59 Å². The summed E-state index contributed by atoms with van der Waals surface area (Å²) in [6, 6.07) is 0. The highest BCUT2D eigenvalue weighted by Crippen LogP contribution is 2.14. The Kier molecular flexibility index (Phi) is 27.3. The first kappa shape index (κ1) is 34.3. The molecule has 0 saturated heterocycles. The first-order valence-electron chi connectivity index (χ1n) is 15.1. The Morgan fingerprint density at radius 1 is 0.543 bits per heavy atom. The number of carbonyl (C=O) groups excluding carboxylic acids is 2. The van der Waals surface area contributed by atoms with Crippen molar-refractivity contribution in [3.63, 3.8) is 0 Å². The summed E-state index contributed by atoms with van der Waals surface area (Å²) in [5, 5.41) is -0.153. The number of carbonyl (C=O) groups is 2. The van der Waals surface area contributed by atoms with Crippen LogP contribution in [-0.2, 0) is 19.1 Å². The van der Waals surface area contributed by atoms with Crippen LogP contribution in [0.2, 0.25) is 0 Å². The van der Waals surface area contributed by atoms with Gasteiger partial charge in [0.05, 0.1) is 19.6 Å². The Morgan fingerprint density at radius 3 is 1.29 bits per heavy atom. The van der Waals surface area contributed by atoms with Gasteiger partial charge in [0, 0.05) is 11.7 Å². The molecule has 0 saturated carbocycles. The van der Waals surface area contributed by atoms with Crippen LogP contribution in [0.15, 0.2) is 0 Å². The molecule has 0 aliphatic rings. The zero-order chi connectivity index (χ0) is 25.8. The van der Waals surface area contributed by atoms with Gasteiger partial charge < -0.3 is 9.47 Å². The van der Waals surface area contributed by atoms with Crippen molar-refractivity contribution in [2.75, 3.05) is 13.2 Å². The van der Waals surface area contributed by atoms with Crippen LogP contribution in [-0.4, -0.2) is 30.4 Å². The van der Waals surface area contributed by atoms with E-state index in [2.05, 4.69) is 26.5 Å². The number of hydrogen-bond acceptors (Lipinski definition) is 5. The van der Waals surface area contributed by atoms with Crippen molar-refractivity contribution >= 4 is 24.6 Å². The fraction of sp³-hybridized carbons (Fsp3) is 0.933. The highest BCUT2D eigenvalue weighted by molar-refractivity contribution is 7.81. The molecule has 0 spiro atoms. The third-order valence-electron chi connectivity index (χ3n) is 6.61. The monoisotopic (exact) mass is 514 g/mol. The normalized spacial score (nSPS) is 12.0. The lowest BCUT2D eigenvalue weighted by Gasteiger charge is -2.11. The van der Waals surface area contributed by atoms with Crippen LogP contribution in [0.25, 0.3) is 0 Å². The van der Waals surface area contributed by atoms with Crippen LogP contribution in [0.5, 0.6) is 0 Å². The van der Waals surface area contributed by atoms with Gasteiger partial charge in [-0.2, -0.15) is 12.6 Å². The van der Waals surface area contributed by atoms with Crippen LogP contribution in [0, 0.1) is 0 Å². The van der Waals surface area contributed by atoms with E-state index in [0.29, 0.717) is 26.1 Å². The largest absolute Gasteiger partial charge is 0.466 e. The Balaban J connectivity index is 3.43. The second kappa shape index (κ2) is 27.9. The third-order valence-corrected chi connectivity index (χ3v) is 7.05. The lowest BCUT2D eigenvalue weighted by molar-refractivity contribution is -0.145. The molecule has 0 aliphatic heterocycles. The highest BCUT2D eigenvalue weighted by atomic mass is 32.1. The van der Waals surface area contributed by atoms with E-state index < -0.39 is 0 Å². The fourth-order valence-corrected chi connectivity index (χ4v) is 4.54. The van der Waals surface area contributed by atoms with E-state index >= 15 is 0 Å². The minimum Gasteiger partial charge on any atom is -0.466 e. The van der Waals surface area contributed by atoms with E-state index in [0.717, 1.165) is 25.7 Å². The van der Waals surface area contributed by atoms with E-state index in [1.54, 1.807) is 0 Å². The van der Waals surface area contributed by atoms with Crippen molar-refractivity contribution < 1.29 is 19.1 Å². The maximum atomic E-state index is 12.0. The molecule has 208 valence electrons. The second-order valence-electron chi connectivity index (χ2n) is 10.2. The SMILES string of the molecule is CCCCCCCCCCCCOC(=O)CCC(S)CC(=O)OCCCCCCCCCCCC. The zero-order valence-corrected chi connectivity index (χ0v) is 24.2. The van der Waals surface area contributed by atoms with E-state index in [1.807, 2.05) is 0 Å². The highest BCUT2D eigenvalue weighted by Gasteiger charge is 2.13. The summed E-state index contributed by atoms with van der Waals surface area (Å²) in [4.78, 5) is 23.9. The van der Waals surface area contributed by atoms with Gasteiger partial charge in [-0.3, -0.25) is 9.59 Å². The fourth-order valence-electron chi connectivity index (χ4n) is 4.26. The molecule has 0 amide bonds. The molecule has 0 aromatic heterocycles. The van der Waals surface area contributed by atoms with Gasteiger partial charge in [0.2, 0.25) is 0 Å². The lowest BCUT2D eigenvalue weighted by atomic mass is 10.1. The Morgan fingerprint density at radius 2 is 0.886 bits per heavy atom. The Labute approximate surface area is 223 Å². The van der Waals surface area contributed by atoms with Crippen molar-refractivity contribution in [2.24, 2.45) is 0 Å². The average molecular weight is 515 g/mol. The van der Waals surface area contributed by atoms with Crippen LogP contribution >= 0.6 is 12.6 Å². The molecular weight excluding hydrogens is 456 g/mol. The number of rotatable bonds is 27. The summed E-state index contributed by atoms with van der Waals surface area (Å²) in [5.74, 6) is -0.390. The molecule has 0 aliphatic carbocycles. The minimum absolute atomic E-state index is 0.153. The van der Waals surface area contributed by atoms with Gasteiger partial charge in [-0.05, 0) is 19.3 Å². The number of ether oxygens (including phenoxy) is 2. The molecule has 35 heavy (non-hydrogen) atoms. The first-order chi connectivity index (χ1) is 17.1. The van der Waals surface area contributed by atoms with Crippen molar-refractivity contribution in [3.05, 3.63) is 0 Å². The summed E-state index contributed by atoms with van der Waals surface area (Å²) < 4.78 is 10.7. The van der Waals surface area contributed by atoms with E-state index in [1.165, 1.54) is 103 Å². The van der Waals surface area contributed by atoms with Gasteiger partial charge in [0.25, 0.3) is 0 Å². The summed E-state index contributed by atoms with van der Waals surface area (Å²) in [7, 11) is 0. The van der Waals surface area contributed by atoms with Gasteiger partial charge in [-0.25, -0.2) is 0 Å². The molecule has 0 radical (unpaired) electrons. The topological polar surface area (TPSA) is 52.6 Å². The van der Waals surface area contributed by atoms with Crippen molar-refractivity contribution in [2.45, 2.75) is 167 Å². The van der Waals surface area contributed by atoms with E-state index in [-0.39, 0.29) is 23.6 Å². The number of esters is 2. The van der Waals surface area contributed by atoms with Crippen molar-refractivity contribution in [1.29, 1.82) is 0 Å². The van der Waals surface area contributed by atoms with Crippen LogP contribution in [0.3, 0.4) is 0 Å². The zero-order valence-electron chi connectivity index (χ0n) is 23.3. The second-order valence-corrected chi connectivity index (χ2v) is 10.9. The van der Waals surface area contributed by atoms with Gasteiger partial charge in [0.15, 0.2) is 0 Å². The molecule has 0 aromatic carbocycles. The standard InChI is InChI=1S/C30H58O4S/c1-3-5-7-9-11-13-15-17-19-21-25-33-29(31)24-23-28(35)27-30(32)34-26-22-20-18-16-14-12-10-8-6-4-2/h28,35H,3-27H2,1-2H3. The van der Waals surface area contributed by atoms with Crippen LogP contribution < -0.4 is 0 Å². The molecule has 0 heterocycles. The summed E-state index contributed by atoms with van der Waals surface area (Å²) in [6.07, 6.45) is 26.5. The van der Waals surface area contributed by atoms with Crippen molar-refractivity contribution in [1.82, 2.24) is 0 Å². The quantitative estimate of drug-likeness (QED) is 0.0674. The molecule has 1 unspecified atom stereocenters. The van der Waals surface area contributed by atoms with Gasteiger partial charge in [-0.1, -0.05) is 129 Å². The van der Waals surface area contributed by atoms with Crippen LogP contribution in [0.4, 0.5) is 0 Å².